The molecule has 24 heavy (non-hydrogen) atoms. The van der Waals surface area contributed by atoms with Gasteiger partial charge in [-0.15, -0.1) is 5.10 Å². The summed E-state index contributed by atoms with van der Waals surface area (Å²) in [6, 6.07) is 7.70. The van der Waals surface area contributed by atoms with E-state index in [2.05, 4.69) is 15.4 Å². The zero-order valence-corrected chi connectivity index (χ0v) is 14.4. The second kappa shape index (κ2) is 6.53. The quantitative estimate of drug-likeness (QED) is 0.758. The van der Waals surface area contributed by atoms with Gasteiger partial charge in [0.25, 0.3) is 0 Å². The fourth-order valence-electron chi connectivity index (χ4n) is 3.12. The van der Waals surface area contributed by atoms with Gasteiger partial charge >= 0.3 is 0 Å². The number of halogens is 2. The Kier molecular flexibility index (Phi) is 4.24. The first-order valence-corrected chi connectivity index (χ1v) is 8.72. The van der Waals surface area contributed by atoms with Crippen molar-refractivity contribution in [1.82, 2.24) is 30.2 Å². The Bertz CT molecular complexity index is 833. The SMILES string of the molecule is Clc1ccc(Cn2nc(C3CCCC3)nc2-c2n[nH]nc2Cl)cc1. The molecule has 124 valence electrons. The summed E-state index contributed by atoms with van der Waals surface area (Å²) in [4.78, 5) is 4.73. The Hall–Kier alpha value is -1.92. The maximum absolute atomic E-state index is 6.14. The first kappa shape index (κ1) is 15.6. The fourth-order valence-corrected chi connectivity index (χ4v) is 3.42. The van der Waals surface area contributed by atoms with Crippen molar-refractivity contribution in [1.29, 1.82) is 0 Å². The summed E-state index contributed by atoms with van der Waals surface area (Å²) in [6.45, 7) is 0.579. The fraction of sp³-hybridized carbons (Fsp3) is 0.375. The monoisotopic (exact) mass is 362 g/mol. The van der Waals surface area contributed by atoms with Gasteiger partial charge in [-0.1, -0.05) is 48.2 Å². The van der Waals surface area contributed by atoms with E-state index in [1.54, 1.807) is 0 Å². The highest BCUT2D eigenvalue weighted by Crippen LogP contribution is 2.34. The Balaban J connectivity index is 1.72. The summed E-state index contributed by atoms with van der Waals surface area (Å²) >= 11 is 12.1. The van der Waals surface area contributed by atoms with Gasteiger partial charge in [-0.3, -0.25) is 0 Å². The van der Waals surface area contributed by atoms with E-state index < -0.39 is 0 Å². The second-order valence-electron chi connectivity index (χ2n) is 6.02. The topological polar surface area (TPSA) is 72.3 Å². The van der Waals surface area contributed by atoms with E-state index in [0.29, 0.717) is 34.2 Å². The molecule has 1 N–H and O–H groups in total. The van der Waals surface area contributed by atoms with Crippen LogP contribution in [0.5, 0.6) is 0 Å². The zero-order chi connectivity index (χ0) is 16.5. The highest BCUT2D eigenvalue weighted by molar-refractivity contribution is 6.31. The summed E-state index contributed by atoms with van der Waals surface area (Å²) in [6.07, 6.45) is 4.74. The average molecular weight is 363 g/mol. The summed E-state index contributed by atoms with van der Waals surface area (Å²) in [5.41, 5.74) is 1.62. The molecule has 4 rings (SSSR count). The van der Waals surface area contributed by atoms with Gasteiger partial charge in [-0.2, -0.15) is 15.4 Å². The van der Waals surface area contributed by atoms with Crippen molar-refractivity contribution in [2.24, 2.45) is 0 Å². The third kappa shape index (κ3) is 3.03. The lowest BCUT2D eigenvalue weighted by Gasteiger charge is -2.05. The zero-order valence-electron chi connectivity index (χ0n) is 12.9. The van der Waals surface area contributed by atoms with Gasteiger partial charge in [-0.05, 0) is 30.5 Å². The van der Waals surface area contributed by atoms with E-state index >= 15 is 0 Å². The molecule has 3 aromatic rings. The lowest BCUT2D eigenvalue weighted by molar-refractivity contribution is 0.626. The van der Waals surface area contributed by atoms with Gasteiger partial charge in [0.15, 0.2) is 22.5 Å². The number of H-pyrrole nitrogens is 1. The molecule has 0 radical (unpaired) electrons. The van der Waals surface area contributed by atoms with Crippen LogP contribution in [0.2, 0.25) is 10.2 Å². The van der Waals surface area contributed by atoms with E-state index in [1.807, 2.05) is 28.9 Å². The van der Waals surface area contributed by atoms with Gasteiger partial charge in [-0.25, -0.2) is 9.67 Å². The molecule has 1 fully saturated rings. The molecule has 1 aromatic carbocycles. The van der Waals surface area contributed by atoms with Crippen molar-refractivity contribution in [2.75, 3.05) is 0 Å². The number of aromatic nitrogens is 6. The van der Waals surface area contributed by atoms with Gasteiger partial charge in [0.2, 0.25) is 0 Å². The van der Waals surface area contributed by atoms with Crippen LogP contribution in [-0.4, -0.2) is 30.2 Å². The predicted octanol–water partition coefficient (Wildman–Crippen LogP) is 4.08. The van der Waals surface area contributed by atoms with Crippen molar-refractivity contribution in [3.05, 3.63) is 45.8 Å². The summed E-state index contributed by atoms with van der Waals surface area (Å²) in [5.74, 6) is 1.93. The van der Waals surface area contributed by atoms with Crippen LogP contribution in [0.4, 0.5) is 0 Å². The number of rotatable bonds is 4. The lowest BCUT2D eigenvalue weighted by atomic mass is 10.1. The van der Waals surface area contributed by atoms with Gasteiger partial charge in [0, 0.05) is 10.9 Å². The van der Waals surface area contributed by atoms with E-state index in [1.165, 1.54) is 12.8 Å². The van der Waals surface area contributed by atoms with Crippen LogP contribution in [-0.2, 0) is 6.54 Å². The van der Waals surface area contributed by atoms with Crippen LogP contribution < -0.4 is 0 Å². The Morgan fingerprint density at radius 2 is 1.83 bits per heavy atom. The van der Waals surface area contributed by atoms with E-state index in [0.717, 1.165) is 24.2 Å². The number of nitrogens with one attached hydrogen (secondary N) is 1. The van der Waals surface area contributed by atoms with Crippen LogP contribution in [0.25, 0.3) is 11.5 Å². The summed E-state index contributed by atoms with van der Waals surface area (Å²) < 4.78 is 1.85. The first-order valence-electron chi connectivity index (χ1n) is 7.96. The average Bonchev–Trinajstić information content (AvgIpc) is 3.30. The largest absolute Gasteiger partial charge is 0.240 e. The number of hydrogen-bond acceptors (Lipinski definition) is 4. The normalized spacial score (nSPS) is 15.2. The van der Waals surface area contributed by atoms with Crippen molar-refractivity contribution in [3.63, 3.8) is 0 Å². The molecule has 2 heterocycles. The summed E-state index contributed by atoms with van der Waals surface area (Å²) in [7, 11) is 0. The predicted molar refractivity (Wildman–Crippen MR) is 92.2 cm³/mol. The standard InChI is InChI=1S/C16H16Cl2N6/c17-12-7-5-10(6-8-12)9-24-16(13-14(18)21-23-20-13)19-15(22-24)11-3-1-2-4-11/h5-8,11H,1-4,9H2,(H,20,21,23). The smallest absolute Gasteiger partial charge is 0.182 e. The molecule has 0 atom stereocenters. The third-order valence-electron chi connectivity index (χ3n) is 4.37. The molecule has 0 amide bonds. The number of hydrogen-bond donors (Lipinski definition) is 1. The molecule has 8 heteroatoms. The molecule has 1 saturated carbocycles. The molecule has 0 unspecified atom stereocenters. The molecule has 0 bridgehead atoms. The minimum Gasteiger partial charge on any atom is -0.240 e. The molecular formula is C16H16Cl2N6. The van der Waals surface area contributed by atoms with Gasteiger partial charge < -0.3 is 0 Å². The molecule has 1 aliphatic rings. The van der Waals surface area contributed by atoms with Crippen LogP contribution in [0.1, 0.15) is 43.0 Å². The van der Waals surface area contributed by atoms with Gasteiger partial charge in [0.05, 0.1) is 6.54 Å². The highest BCUT2D eigenvalue weighted by atomic mass is 35.5. The number of benzene rings is 1. The van der Waals surface area contributed by atoms with Crippen molar-refractivity contribution >= 4 is 23.2 Å². The Labute approximate surface area is 149 Å². The molecule has 0 aliphatic heterocycles. The van der Waals surface area contributed by atoms with E-state index in [9.17, 15) is 0 Å². The number of aromatic amines is 1. The lowest BCUT2D eigenvalue weighted by Crippen LogP contribution is -2.05. The minimum absolute atomic E-state index is 0.303. The van der Waals surface area contributed by atoms with Crippen LogP contribution in [0, 0.1) is 0 Å². The first-order chi connectivity index (χ1) is 11.7. The van der Waals surface area contributed by atoms with Crippen LogP contribution in [0.3, 0.4) is 0 Å². The molecule has 0 spiro atoms. The van der Waals surface area contributed by atoms with Crippen LogP contribution >= 0.6 is 23.2 Å². The van der Waals surface area contributed by atoms with Crippen molar-refractivity contribution in [3.8, 4) is 11.5 Å². The molecule has 2 aromatic heterocycles. The van der Waals surface area contributed by atoms with E-state index in [-0.39, 0.29) is 0 Å². The van der Waals surface area contributed by atoms with Crippen molar-refractivity contribution < 1.29 is 0 Å². The van der Waals surface area contributed by atoms with E-state index in [4.69, 9.17) is 33.3 Å². The molecule has 1 aliphatic carbocycles. The second-order valence-corrected chi connectivity index (χ2v) is 6.82. The van der Waals surface area contributed by atoms with Gasteiger partial charge in [0.1, 0.15) is 0 Å². The number of nitrogens with zero attached hydrogens (tertiary/aromatic N) is 5. The Morgan fingerprint density at radius 1 is 1.08 bits per heavy atom. The maximum Gasteiger partial charge on any atom is 0.182 e. The van der Waals surface area contributed by atoms with Crippen molar-refractivity contribution in [2.45, 2.75) is 38.1 Å². The maximum atomic E-state index is 6.14. The Morgan fingerprint density at radius 3 is 2.50 bits per heavy atom. The molecule has 6 nitrogen and oxygen atoms in total. The third-order valence-corrected chi connectivity index (χ3v) is 4.89. The van der Waals surface area contributed by atoms with Crippen LogP contribution in [0.15, 0.2) is 24.3 Å². The highest BCUT2D eigenvalue weighted by Gasteiger charge is 2.25. The molecular weight excluding hydrogens is 347 g/mol. The molecule has 0 saturated heterocycles. The summed E-state index contributed by atoms with van der Waals surface area (Å²) in [5, 5.41) is 16.3. The minimum atomic E-state index is 0.303.